The van der Waals surface area contributed by atoms with E-state index in [1.807, 2.05) is 19.1 Å². The molecule has 0 bridgehead atoms. The highest BCUT2D eigenvalue weighted by atomic mass is 16.6. The maximum atomic E-state index is 12.6. The molecule has 138 valence electrons. The molecular formula is C21H20N2O4. The molecule has 6 heteroatoms. The summed E-state index contributed by atoms with van der Waals surface area (Å²) in [6, 6.07) is 10.7. The van der Waals surface area contributed by atoms with Crippen molar-refractivity contribution in [2.24, 2.45) is 10.5 Å². The Morgan fingerprint density at radius 1 is 1.30 bits per heavy atom. The number of carbonyl (C=O) groups excluding carboxylic acids is 2. The molecule has 2 heterocycles. The minimum atomic E-state index is -0.427. The smallest absolute Gasteiger partial charge is 0.335 e. The van der Waals surface area contributed by atoms with Crippen molar-refractivity contribution in [3.05, 3.63) is 71.2 Å². The van der Waals surface area contributed by atoms with Gasteiger partial charge in [0.25, 0.3) is 5.91 Å². The first-order valence-corrected chi connectivity index (χ1v) is 8.95. The average Bonchev–Trinajstić information content (AvgIpc) is 3.29. The number of hydrogen-bond donors (Lipinski definition) is 1. The van der Waals surface area contributed by atoms with Crippen molar-refractivity contribution in [3.63, 3.8) is 0 Å². The molecule has 6 nitrogen and oxygen atoms in total. The minimum absolute atomic E-state index is 0.290. The second-order valence-corrected chi connectivity index (χ2v) is 7.08. The van der Waals surface area contributed by atoms with Gasteiger partial charge in [-0.05, 0) is 43.0 Å². The van der Waals surface area contributed by atoms with Crippen molar-refractivity contribution >= 4 is 18.1 Å². The zero-order chi connectivity index (χ0) is 18.9. The molecule has 0 spiro atoms. The van der Waals surface area contributed by atoms with E-state index in [9.17, 15) is 9.59 Å². The molecule has 4 rings (SSSR count). The van der Waals surface area contributed by atoms with E-state index in [2.05, 4.69) is 10.5 Å². The minimum Gasteiger partial charge on any atom is -0.472 e. The molecule has 1 N–H and O–H groups in total. The summed E-state index contributed by atoms with van der Waals surface area (Å²) < 4.78 is 10.8. The van der Waals surface area contributed by atoms with Gasteiger partial charge in [0.05, 0.1) is 24.3 Å². The van der Waals surface area contributed by atoms with Gasteiger partial charge in [-0.2, -0.15) is 5.10 Å². The predicted molar refractivity (Wildman–Crippen MR) is 98.9 cm³/mol. The Labute approximate surface area is 156 Å². The van der Waals surface area contributed by atoms with Gasteiger partial charge in [0.2, 0.25) is 0 Å². The third-order valence-electron chi connectivity index (χ3n) is 5.31. The normalized spacial score (nSPS) is 24.8. The molecule has 2 atom stereocenters. The first-order chi connectivity index (χ1) is 13.1. The van der Waals surface area contributed by atoms with Crippen LogP contribution in [0.15, 0.2) is 69.6 Å². The topological polar surface area (TPSA) is 80.9 Å². The van der Waals surface area contributed by atoms with Crippen LogP contribution in [0.25, 0.3) is 0 Å². The van der Waals surface area contributed by atoms with Crippen LogP contribution in [0.2, 0.25) is 0 Å². The monoisotopic (exact) mass is 364 g/mol. The summed E-state index contributed by atoms with van der Waals surface area (Å²) in [7, 11) is 0. The summed E-state index contributed by atoms with van der Waals surface area (Å²) in [5.74, 6) is -0.611. The number of hydrogen-bond acceptors (Lipinski definition) is 5. The Kier molecular flexibility index (Phi) is 4.39. The number of hydrazone groups is 1. The Morgan fingerprint density at radius 3 is 2.85 bits per heavy atom. The quantitative estimate of drug-likeness (QED) is 0.509. The van der Waals surface area contributed by atoms with Crippen LogP contribution >= 0.6 is 0 Å². The van der Waals surface area contributed by atoms with Crippen LogP contribution in [0.3, 0.4) is 0 Å². The Morgan fingerprint density at radius 2 is 2.11 bits per heavy atom. The van der Waals surface area contributed by atoms with Crippen molar-refractivity contribution in [2.75, 3.05) is 0 Å². The van der Waals surface area contributed by atoms with Crippen LogP contribution in [0.4, 0.5) is 0 Å². The number of nitrogens with zero attached hydrogens (tertiary/aromatic N) is 1. The van der Waals surface area contributed by atoms with E-state index in [0.717, 1.165) is 30.4 Å². The van der Waals surface area contributed by atoms with E-state index >= 15 is 0 Å². The van der Waals surface area contributed by atoms with Gasteiger partial charge in [0.1, 0.15) is 6.10 Å². The molecule has 0 unspecified atom stereocenters. The predicted octanol–water partition coefficient (Wildman–Crippen LogP) is 3.78. The van der Waals surface area contributed by atoms with Crippen molar-refractivity contribution in [1.82, 2.24) is 5.43 Å². The number of fused-ring (bicyclic) bond motifs is 1. The van der Waals surface area contributed by atoms with Crippen LogP contribution in [-0.4, -0.2) is 18.1 Å². The largest absolute Gasteiger partial charge is 0.472 e. The average molecular weight is 364 g/mol. The molecule has 27 heavy (non-hydrogen) atoms. The van der Waals surface area contributed by atoms with Crippen molar-refractivity contribution < 1.29 is 18.7 Å². The van der Waals surface area contributed by atoms with E-state index in [4.69, 9.17) is 9.15 Å². The number of nitrogens with one attached hydrogen (secondary N) is 1. The zero-order valence-electron chi connectivity index (χ0n) is 15.0. The molecule has 2 aliphatic rings. The lowest BCUT2D eigenvalue weighted by Gasteiger charge is -2.33. The van der Waals surface area contributed by atoms with Gasteiger partial charge in [0, 0.05) is 16.5 Å². The number of furan rings is 1. The number of benzene rings is 1. The Hall–Kier alpha value is -3.15. The number of ether oxygens (including phenoxy) is 1. The van der Waals surface area contributed by atoms with E-state index in [1.54, 1.807) is 43.0 Å². The standard InChI is InChI=1S/C21H20N2O4/c1-21-10-5-8-15(12-22-23-19(24)14-6-3-2-4-7-14)17(21)20(25)27-18(21)16-9-11-26-13-16/h2-4,6-7,9,11-13,18H,5,8,10H2,1H3,(H,23,24)/b22-12+/t18-,21+/m0/s1. The summed E-state index contributed by atoms with van der Waals surface area (Å²) >= 11 is 0. The number of cyclic esters (lactones) is 1. The Balaban J connectivity index is 1.58. The fourth-order valence-corrected chi connectivity index (χ4v) is 4.00. The second kappa shape index (κ2) is 6.87. The van der Waals surface area contributed by atoms with E-state index in [-0.39, 0.29) is 18.0 Å². The third-order valence-corrected chi connectivity index (χ3v) is 5.31. The highest BCUT2D eigenvalue weighted by Gasteiger charge is 2.53. The van der Waals surface area contributed by atoms with Gasteiger partial charge < -0.3 is 9.15 Å². The van der Waals surface area contributed by atoms with Gasteiger partial charge in [-0.15, -0.1) is 0 Å². The highest BCUT2D eigenvalue weighted by molar-refractivity contribution is 6.01. The van der Waals surface area contributed by atoms with E-state index in [1.165, 1.54) is 0 Å². The molecule has 1 aromatic carbocycles. The molecular weight excluding hydrogens is 344 g/mol. The summed E-state index contributed by atoms with van der Waals surface area (Å²) in [6.07, 6.45) is 6.90. The number of allylic oxidation sites excluding steroid dienone is 1. The third kappa shape index (κ3) is 3.07. The summed E-state index contributed by atoms with van der Waals surface area (Å²) in [4.78, 5) is 24.7. The van der Waals surface area contributed by atoms with Crippen molar-refractivity contribution in [1.29, 1.82) is 0 Å². The molecule has 1 amide bonds. The summed E-state index contributed by atoms with van der Waals surface area (Å²) in [5, 5.41) is 4.08. The summed E-state index contributed by atoms with van der Waals surface area (Å²) in [6.45, 7) is 2.04. The molecule has 0 radical (unpaired) electrons. The number of amides is 1. The maximum absolute atomic E-state index is 12.6. The molecule has 2 aromatic rings. The molecule has 1 aliphatic carbocycles. The maximum Gasteiger partial charge on any atom is 0.335 e. The highest BCUT2D eigenvalue weighted by Crippen LogP contribution is 2.55. The van der Waals surface area contributed by atoms with E-state index in [0.29, 0.717) is 11.1 Å². The van der Waals surface area contributed by atoms with Crippen LogP contribution in [0, 0.1) is 5.41 Å². The second-order valence-electron chi connectivity index (χ2n) is 7.08. The fourth-order valence-electron chi connectivity index (χ4n) is 4.00. The lowest BCUT2D eigenvalue weighted by atomic mass is 9.68. The molecule has 1 aromatic heterocycles. The van der Waals surface area contributed by atoms with E-state index < -0.39 is 5.41 Å². The van der Waals surface area contributed by atoms with Crippen LogP contribution in [0.5, 0.6) is 0 Å². The van der Waals surface area contributed by atoms with Crippen molar-refractivity contribution in [3.8, 4) is 0 Å². The molecule has 1 aliphatic heterocycles. The Bertz CT molecular complexity index is 915. The molecule has 1 fully saturated rings. The SMILES string of the molecule is C[C@@]12CCCC(/C=N/NC(=O)c3ccccc3)=C1C(=O)O[C@H]2c1ccoc1. The fraction of sp³-hybridized carbons (Fsp3) is 0.286. The van der Waals surface area contributed by atoms with Crippen molar-refractivity contribution in [2.45, 2.75) is 32.3 Å². The molecule has 0 saturated carbocycles. The van der Waals surface area contributed by atoms with Gasteiger partial charge in [-0.3, -0.25) is 4.79 Å². The zero-order valence-corrected chi connectivity index (χ0v) is 15.0. The number of esters is 1. The van der Waals surface area contributed by atoms with Crippen LogP contribution in [-0.2, 0) is 9.53 Å². The lowest BCUT2D eigenvalue weighted by molar-refractivity contribution is -0.140. The van der Waals surface area contributed by atoms with Gasteiger partial charge in [0.15, 0.2) is 0 Å². The van der Waals surface area contributed by atoms with Crippen LogP contribution < -0.4 is 5.43 Å². The first-order valence-electron chi connectivity index (χ1n) is 8.95. The van der Waals surface area contributed by atoms with Gasteiger partial charge in [-0.1, -0.05) is 25.1 Å². The lowest BCUT2D eigenvalue weighted by Crippen LogP contribution is -2.27. The first kappa shape index (κ1) is 17.3. The number of rotatable bonds is 4. The van der Waals surface area contributed by atoms with Gasteiger partial charge in [-0.25, -0.2) is 10.2 Å². The summed E-state index contributed by atoms with van der Waals surface area (Å²) in [5.41, 5.74) is 4.95. The van der Waals surface area contributed by atoms with Crippen LogP contribution in [0.1, 0.15) is 48.2 Å². The number of carbonyl (C=O) groups is 2. The van der Waals surface area contributed by atoms with Gasteiger partial charge >= 0.3 is 5.97 Å². The molecule has 1 saturated heterocycles.